The second kappa shape index (κ2) is 10.6. The second-order valence-electron chi connectivity index (χ2n) is 3.94. The van der Waals surface area contributed by atoms with Crippen LogP contribution in [0.5, 0.6) is 0 Å². The van der Waals surface area contributed by atoms with E-state index in [1.807, 2.05) is 6.92 Å². The summed E-state index contributed by atoms with van der Waals surface area (Å²) in [5.74, 6) is 0.702. The van der Waals surface area contributed by atoms with Crippen molar-refractivity contribution in [3.8, 4) is 0 Å². The van der Waals surface area contributed by atoms with Crippen LogP contribution in [0.2, 0.25) is 0 Å². The smallest absolute Gasteiger partial charge is 0.243 e. The van der Waals surface area contributed by atoms with Gasteiger partial charge in [-0.15, -0.1) is 24.0 Å². The highest BCUT2D eigenvalue weighted by atomic mass is 127. The number of carbonyl (C=O) groups is 1. The molecule has 1 unspecified atom stereocenters. The number of guanidine groups is 1. The molecule has 1 atom stereocenters. The number of hydrogen-bond donors (Lipinski definition) is 2. The molecule has 1 amide bonds. The van der Waals surface area contributed by atoms with Crippen LogP contribution in [0.4, 0.5) is 0 Å². The Hall–Kier alpha value is -0.530. The first-order chi connectivity index (χ1) is 7.51. The van der Waals surface area contributed by atoms with Gasteiger partial charge in [-0.05, 0) is 20.3 Å². The molecule has 0 spiro atoms. The molecule has 0 rings (SSSR count). The molecule has 0 aromatic carbocycles. The van der Waals surface area contributed by atoms with Gasteiger partial charge in [-0.1, -0.05) is 6.92 Å². The monoisotopic (exact) mass is 356 g/mol. The molecule has 0 aliphatic rings. The zero-order valence-corrected chi connectivity index (χ0v) is 13.7. The summed E-state index contributed by atoms with van der Waals surface area (Å²) < 4.78 is 0. The Morgan fingerprint density at radius 2 is 1.94 bits per heavy atom. The second-order valence-corrected chi connectivity index (χ2v) is 3.94. The summed E-state index contributed by atoms with van der Waals surface area (Å²) in [5.41, 5.74) is 0. The van der Waals surface area contributed by atoms with Crippen LogP contribution in [0.15, 0.2) is 4.99 Å². The summed E-state index contributed by atoms with van der Waals surface area (Å²) >= 11 is 0. The molecule has 0 saturated heterocycles. The summed E-state index contributed by atoms with van der Waals surface area (Å²) in [4.78, 5) is 17.1. The Morgan fingerprint density at radius 1 is 1.35 bits per heavy atom. The fourth-order valence-corrected chi connectivity index (χ4v) is 0.944. The van der Waals surface area contributed by atoms with E-state index in [-0.39, 0.29) is 36.4 Å². The molecule has 0 aliphatic carbocycles. The van der Waals surface area contributed by atoms with Crippen LogP contribution in [0.25, 0.3) is 0 Å². The van der Waals surface area contributed by atoms with Crippen LogP contribution in [-0.4, -0.2) is 50.0 Å². The average molecular weight is 356 g/mol. The topological polar surface area (TPSA) is 56.7 Å². The molecule has 0 bridgehead atoms. The third-order valence-electron chi connectivity index (χ3n) is 2.21. The number of likely N-dealkylation sites (N-methyl/N-ethyl adjacent to an activating group) is 1. The number of rotatable bonds is 5. The van der Waals surface area contributed by atoms with Gasteiger partial charge in [0.2, 0.25) is 5.91 Å². The van der Waals surface area contributed by atoms with E-state index in [0.29, 0.717) is 12.0 Å². The number of carbonyl (C=O) groups excluding carboxylic acids is 1. The number of halogens is 1. The predicted molar refractivity (Wildman–Crippen MR) is 83.0 cm³/mol. The van der Waals surface area contributed by atoms with Crippen LogP contribution in [0, 0.1) is 0 Å². The molecule has 17 heavy (non-hydrogen) atoms. The molecule has 0 radical (unpaired) electrons. The molecule has 0 aromatic rings. The van der Waals surface area contributed by atoms with Crippen molar-refractivity contribution < 1.29 is 4.79 Å². The Labute approximate surface area is 121 Å². The first-order valence-electron chi connectivity index (χ1n) is 5.76. The van der Waals surface area contributed by atoms with Crippen LogP contribution in [-0.2, 0) is 4.79 Å². The third kappa shape index (κ3) is 9.20. The van der Waals surface area contributed by atoms with E-state index in [1.165, 1.54) is 4.90 Å². The Bertz CT molecular complexity index is 244. The first kappa shape index (κ1) is 18.8. The first-order valence-corrected chi connectivity index (χ1v) is 5.76. The maximum absolute atomic E-state index is 11.4. The molecule has 5 nitrogen and oxygen atoms in total. The highest BCUT2D eigenvalue weighted by Crippen LogP contribution is 1.88. The molecular formula is C11H25IN4O. The molecule has 0 aromatic heterocycles. The van der Waals surface area contributed by atoms with Gasteiger partial charge in [0.05, 0.1) is 0 Å². The van der Waals surface area contributed by atoms with Crippen LogP contribution >= 0.6 is 24.0 Å². The van der Waals surface area contributed by atoms with Crippen molar-refractivity contribution in [1.29, 1.82) is 0 Å². The number of amides is 1. The van der Waals surface area contributed by atoms with Gasteiger partial charge >= 0.3 is 0 Å². The minimum atomic E-state index is 0. The minimum Gasteiger partial charge on any atom is -0.357 e. The molecule has 0 fully saturated rings. The van der Waals surface area contributed by atoms with E-state index in [1.54, 1.807) is 14.1 Å². The largest absolute Gasteiger partial charge is 0.357 e. The number of nitrogens with zero attached hydrogens (tertiary/aromatic N) is 2. The molecule has 0 saturated carbocycles. The molecule has 102 valence electrons. The van der Waals surface area contributed by atoms with E-state index in [9.17, 15) is 4.79 Å². The summed E-state index contributed by atoms with van der Waals surface area (Å²) in [6.45, 7) is 7.16. The number of aliphatic imine (C=N–C) groups is 1. The molecule has 0 heterocycles. The SMILES string of the molecule is CCNC(=NCC(=O)N(C)C)NC(C)CC.I. The zero-order valence-electron chi connectivity index (χ0n) is 11.4. The van der Waals surface area contributed by atoms with E-state index >= 15 is 0 Å². The standard InChI is InChI=1S/C11H24N4O.HI/c1-6-9(3)14-11(12-7-2)13-8-10(16)15(4)5;/h9H,6-8H2,1-5H3,(H2,12,13,14);1H. The van der Waals surface area contributed by atoms with Gasteiger partial charge in [0.1, 0.15) is 6.54 Å². The van der Waals surface area contributed by atoms with Gasteiger partial charge in [0.25, 0.3) is 0 Å². The van der Waals surface area contributed by atoms with Crippen molar-refractivity contribution >= 4 is 35.8 Å². The maximum atomic E-state index is 11.4. The van der Waals surface area contributed by atoms with Crippen molar-refractivity contribution in [1.82, 2.24) is 15.5 Å². The van der Waals surface area contributed by atoms with Crippen molar-refractivity contribution in [2.24, 2.45) is 4.99 Å². The Kier molecular flexibility index (Phi) is 11.8. The van der Waals surface area contributed by atoms with Gasteiger partial charge in [-0.3, -0.25) is 4.79 Å². The normalized spacial score (nSPS) is 12.4. The highest BCUT2D eigenvalue weighted by Gasteiger charge is 2.05. The lowest BCUT2D eigenvalue weighted by atomic mass is 10.3. The summed E-state index contributed by atoms with van der Waals surface area (Å²) in [6.07, 6.45) is 1.02. The molecule has 2 N–H and O–H groups in total. The van der Waals surface area contributed by atoms with Gasteiger partial charge in [-0.2, -0.15) is 0 Å². The maximum Gasteiger partial charge on any atom is 0.243 e. The van der Waals surface area contributed by atoms with Gasteiger partial charge in [0.15, 0.2) is 5.96 Å². The van der Waals surface area contributed by atoms with Crippen molar-refractivity contribution in [2.45, 2.75) is 33.2 Å². The summed E-state index contributed by atoms with van der Waals surface area (Å²) in [7, 11) is 3.46. The van der Waals surface area contributed by atoms with E-state index in [0.717, 1.165) is 13.0 Å². The van der Waals surface area contributed by atoms with Crippen molar-refractivity contribution in [2.75, 3.05) is 27.2 Å². The van der Waals surface area contributed by atoms with E-state index in [2.05, 4.69) is 29.5 Å². The van der Waals surface area contributed by atoms with Gasteiger partial charge in [-0.25, -0.2) is 4.99 Å². The quantitative estimate of drug-likeness (QED) is 0.440. The number of nitrogens with one attached hydrogen (secondary N) is 2. The van der Waals surface area contributed by atoms with Crippen LogP contribution < -0.4 is 10.6 Å². The fraction of sp³-hybridized carbons (Fsp3) is 0.818. The highest BCUT2D eigenvalue weighted by molar-refractivity contribution is 14.0. The Morgan fingerprint density at radius 3 is 2.35 bits per heavy atom. The third-order valence-corrected chi connectivity index (χ3v) is 2.21. The lowest BCUT2D eigenvalue weighted by molar-refractivity contribution is -0.127. The van der Waals surface area contributed by atoms with Gasteiger partial charge in [0, 0.05) is 26.7 Å². The van der Waals surface area contributed by atoms with Crippen LogP contribution in [0.1, 0.15) is 27.2 Å². The minimum absolute atomic E-state index is 0. The summed E-state index contributed by atoms with van der Waals surface area (Å²) in [6, 6.07) is 0.354. The predicted octanol–water partition coefficient (Wildman–Crippen LogP) is 1.05. The van der Waals surface area contributed by atoms with E-state index in [4.69, 9.17) is 0 Å². The molecular weight excluding hydrogens is 331 g/mol. The molecule has 6 heteroatoms. The summed E-state index contributed by atoms with van der Waals surface area (Å²) in [5, 5.41) is 6.34. The Balaban J connectivity index is 0. The lowest BCUT2D eigenvalue weighted by Gasteiger charge is -2.16. The van der Waals surface area contributed by atoms with E-state index < -0.39 is 0 Å². The number of hydrogen-bond acceptors (Lipinski definition) is 2. The van der Waals surface area contributed by atoms with Crippen molar-refractivity contribution in [3.63, 3.8) is 0 Å². The zero-order chi connectivity index (χ0) is 12.6. The van der Waals surface area contributed by atoms with Crippen molar-refractivity contribution in [3.05, 3.63) is 0 Å². The molecule has 0 aliphatic heterocycles. The fourth-order valence-electron chi connectivity index (χ4n) is 0.944. The van der Waals surface area contributed by atoms with Gasteiger partial charge < -0.3 is 15.5 Å². The van der Waals surface area contributed by atoms with Crippen LogP contribution in [0.3, 0.4) is 0 Å². The lowest BCUT2D eigenvalue weighted by Crippen LogP contribution is -2.42. The average Bonchev–Trinajstić information content (AvgIpc) is 2.25.